The number of ether oxygens (including phenoxy) is 3. The molecule has 0 saturated carbocycles. The first kappa shape index (κ1) is 12.3. The van der Waals surface area contributed by atoms with Crippen LogP contribution in [0.5, 0.6) is 0 Å². The fourth-order valence-electron chi connectivity index (χ4n) is 2.47. The van der Waals surface area contributed by atoms with Gasteiger partial charge >= 0.3 is 0 Å². The van der Waals surface area contributed by atoms with E-state index in [2.05, 4.69) is 0 Å². The molecule has 2 aliphatic rings. The zero-order valence-corrected chi connectivity index (χ0v) is 11.0. The zero-order valence-electron chi connectivity index (χ0n) is 11.2. The summed E-state index contributed by atoms with van der Waals surface area (Å²) in [6.07, 6.45) is -0.739. The molecule has 2 aliphatic heterocycles. The lowest BCUT2D eigenvalue weighted by Gasteiger charge is -2.32. The minimum Gasteiger partial charge on any atom is -0.393 e. The van der Waals surface area contributed by atoms with E-state index < -0.39 is 11.4 Å². The number of rotatable bonds is 5. The van der Waals surface area contributed by atoms with Crippen molar-refractivity contribution in [3.63, 3.8) is 0 Å². The average molecular weight is 263 g/mol. The summed E-state index contributed by atoms with van der Waals surface area (Å²) in [7, 11) is 1.08. The van der Waals surface area contributed by atoms with Crippen LogP contribution in [0.1, 0.15) is 20.8 Å². The molecule has 97 valence electrons. The van der Waals surface area contributed by atoms with Gasteiger partial charge in [-0.05, 0) is 22.1 Å². The molecule has 0 bridgehead atoms. The summed E-state index contributed by atoms with van der Waals surface area (Å²) in [5.41, 5.74) is -0.923. The van der Waals surface area contributed by atoms with Gasteiger partial charge in [-0.15, -0.1) is 0 Å². The molecule has 0 spiro atoms. The van der Waals surface area contributed by atoms with Crippen molar-refractivity contribution < 1.29 is 23.5 Å². The molecule has 0 aromatic heterocycles. The quantitative estimate of drug-likeness (QED) is 0.432. The van der Waals surface area contributed by atoms with E-state index in [1.54, 1.807) is 0 Å². The molecule has 1 radical (unpaired) electrons. The lowest BCUT2D eigenvalue weighted by Crippen LogP contribution is -2.49. The molecule has 4 atom stereocenters. The normalized spacial score (nSPS) is 44.5. The predicted octanol–water partition coefficient (Wildman–Crippen LogP) is 0.137. The predicted molar refractivity (Wildman–Crippen MR) is 64.9 cm³/mol. The van der Waals surface area contributed by atoms with Gasteiger partial charge in [-0.1, -0.05) is 11.9 Å². The number of aliphatic hydroxyl groups excluding tert-OH is 1. The van der Waals surface area contributed by atoms with Crippen molar-refractivity contribution in [3.05, 3.63) is 0 Å². The molecule has 2 fully saturated rings. The molecule has 2 unspecified atom stereocenters. The van der Waals surface area contributed by atoms with E-state index in [4.69, 9.17) is 19.7 Å². The van der Waals surface area contributed by atoms with E-state index in [0.29, 0.717) is 0 Å². The molecule has 1 N–H and O–H groups in total. The van der Waals surface area contributed by atoms with E-state index in [1.807, 2.05) is 20.8 Å². The van der Waals surface area contributed by atoms with E-state index >= 15 is 0 Å². The standard InChI is InChI=1S/C10H18BO5S/c1-6-7-8(16-9(2,3)15-7)10(4-12,14-6)5-13-17-11/h6-8,11-12H,4-5H2,1-3H3/t6?,7-,8-,10?/m1/s1/i11T. The highest BCUT2D eigenvalue weighted by molar-refractivity contribution is 8.15. The van der Waals surface area contributed by atoms with Gasteiger partial charge in [0.1, 0.15) is 17.8 Å². The van der Waals surface area contributed by atoms with Gasteiger partial charge in [-0.25, -0.2) is 0 Å². The lowest BCUT2D eigenvalue weighted by molar-refractivity contribution is -0.218. The average Bonchev–Trinajstić information content (AvgIpc) is 2.75. The van der Waals surface area contributed by atoms with Crippen LogP contribution in [0.25, 0.3) is 0 Å². The van der Waals surface area contributed by atoms with Crippen LogP contribution in [0, 0.1) is 0 Å². The van der Waals surface area contributed by atoms with E-state index in [1.165, 1.54) is 0 Å². The van der Waals surface area contributed by atoms with Gasteiger partial charge in [0.05, 0.1) is 19.3 Å². The van der Waals surface area contributed by atoms with E-state index in [0.717, 1.165) is 19.0 Å². The van der Waals surface area contributed by atoms with Crippen LogP contribution >= 0.6 is 11.9 Å². The fourth-order valence-corrected chi connectivity index (χ4v) is 2.73. The molecule has 0 aliphatic carbocycles. The Kier molecular flexibility index (Phi) is 3.40. The minimum atomic E-state index is -0.923. The molecular weight excluding hydrogens is 243 g/mol. The highest BCUT2D eigenvalue weighted by atomic mass is 32.2. The molecule has 5 nitrogen and oxygen atoms in total. The topological polar surface area (TPSA) is 57.2 Å². The minimum absolute atomic E-state index is 0.147. The molecular formula is C10H18BO5S. The van der Waals surface area contributed by atoms with Crippen LogP contribution in [-0.4, -0.2) is 56.4 Å². The molecule has 2 rings (SSSR count). The van der Waals surface area contributed by atoms with Crippen LogP contribution in [0.3, 0.4) is 0 Å². The van der Waals surface area contributed by atoms with E-state index in [-0.39, 0.29) is 31.5 Å². The van der Waals surface area contributed by atoms with Crippen molar-refractivity contribution in [2.75, 3.05) is 13.2 Å². The highest BCUT2D eigenvalue weighted by Crippen LogP contribution is 2.44. The van der Waals surface area contributed by atoms with E-state index in [9.17, 15) is 5.11 Å². The summed E-state index contributed by atoms with van der Waals surface area (Å²) < 4.78 is 29.5. The van der Waals surface area contributed by atoms with Crippen LogP contribution < -0.4 is 0 Å². The Labute approximate surface area is 108 Å². The van der Waals surface area contributed by atoms with Crippen molar-refractivity contribution in [3.8, 4) is 0 Å². The molecule has 7 heteroatoms. The van der Waals surface area contributed by atoms with Crippen molar-refractivity contribution in [2.24, 2.45) is 0 Å². The number of hydrogen-bond donors (Lipinski definition) is 1. The Morgan fingerprint density at radius 2 is 2.24 bits per heavy atom. The Bertz CT molecular complexity index is 308. The third kappa shape index (κ3) is 2.37. The number of hydrogen-bond acceptors (Lipinski definition) is 6. The summed E-state index contributed by atoms with van der Waals surface area (Å²) in [4.78, 5) is 0. The van der Waals surface area contributed by atoms with Crippen molar-refractivity contribution >= 4 is 19.0 Å². The van der Waals surface area contributed by atoms with Crippen molar-refractivity contribution in [2.45, 2.75) is 50.5 Å². The summed E-state index contributed by atoms with van der Waals surface area (Å²) >= 11 is 0.898. The maximum absolute atomic E-state index is 9.64. The first-order valence-corrected chi connectivity index (χ1v) is 6.37. The smallest absolute Gasteiger partial charge is 0.209 e. The van der Waals surface area contributed by atoms with Gasteiger partial charge in [0.25, 0.3) is 0 Å². The Hall–Kier alpha value is 0.215. The number of aliphatic hydroxyl groups is 1. The van der Waals surface area contributed by atoms with Gasteiger partial charge in [-0.3, -0.25) is 0 Å². The van der Waals surface area contributed by atoms with Gasteiger partial charge in [0.15, 0.2) is 5.79 Å². The third-order valence-corrected chi connectivity index (χ3v) is 3.42. The molecule has 0 aromatic carbocycles. The third-order valence-electron chi connectivity index (χ3n) is 3.17. The first-order valence-electron chi connectivity index (χ1n) is 6.14. The monoisotopic (exact) mass is 263 g/mol. The number of fused-ring (bicyclic) bond motifs is 1. The maximum Gasteiger partial charge on any atom is 0.209 e. The maximum atomic E-state index is 9.64. The summed E-state index contributed by atoms with van der Waals surface area (Å²) in [5.74, 6) is -0.678. The first-order chi connectivity index (χ1) is 8.44. The molecule has 0 amide bonds. The van der Waals surface area contributed by atoms with Crippen molar-refractivity contribution in [1.82, 2.24) is 0 Å². The SMILES string of the molecule is [3H][B]SOCC1(CO)OC(C)[C@H]2OC(C)(C)O[C@H]21. The fraction of sp³-hybridized carbons (Fsp3) is 1.00. The van der Waals surface area contributed by atoms with Gasteiger partial charge in [0.2, 0.25) is 7.09 Å². The van der Waals surface area contributed by atoms with Crippen LogP contribution in [0.15, 0.2) is 0 Å². The molecule has 17 heavy (non-hydrogen) atoms. The molecule has 2 heterocycles. The Balaban J connectivity index is 2.11. The second kappa shape index (κ2) is 4.72. The zero-order chi connectivity index (χ0) is 13.4. The Morgan fingerprint density at radius 1 is 1.47 bits per heavy atom. The van der Waals surface area contributed by atoms with Crippen molar-refractivity contribution in [1.29, 1.82) is 1.34 Å². The summed E-state index contributed by atoms with van der Waals surface area (Å²) in [6, 6.07) is 0. The summed E-state index contributed by atoms with van der Waals surface area (Å²) in [5, 5.41) is 9.64. The molecule has 0 aromatic rings. The van der Waals surface area contributed by atoms with Gasteiger partial charge < -0.3 is 23.5 Å². The van der Waals surface area contributed by atoms with Crippen LogP contribution in [-0.2, 0) is 18.4 Å². The van der Waals surface area contributed by atoms with Gasteiger partial charge in [-0.2, -0.15) is 0 Å². The highest BCUT2D eigenvalue weighted by Gasteiger charge is 2.61. The van der Waals surface area contributed by atoms with Crippen LogP contribution in [0.4, 0.5) is 0 Å². The van der Waals surface area contributed by atoms with Gasteiger partial charge in [0, 0.05) is 0 Å². The lowest BCUT2D eigenvalue weighted by atomic mass is 9.96. The Morgan fingerprint density at radius 3 is 2.88 bits per heavy atom. The molecule has 2 saturated heterocycles. The second-order valence-corrected chi connectivity index (χ2v) is 5.35. The van der Waals surface area contributed by atoms with Crippen LogP contribution in [0.2, 0.25) is 0 Å². The second-order valence-electron chi connectivity index (χ2n) is 4.93. The summed E-state index contributed by atoms with van der Waals surface area (Å²) in [6.45, 7) is 5.51. The largest absolute Gasteiger partial charge is 0.393 e.